The van der Waals surface area contributed by atoms with Gasteiger partial charge in [-0.25, -0.2) is 14.6 Å². The van der Waals surface area contributed by atoms with E-state index in [9.17, 15) is 19.2 Å². The van der Waals surface area contributed by atoms with Crippen LogP contribution in [0.25, 0.3) is 0 Å². The Labute approximate surface area is 258 Å². The topological polar surface area (TPSA) is 150 Å². The van der Waals surface area contributed by atoms with Crippen LogP contribution in [0.1, 0.15) is 67.0 Å². The van der Waals surface area contributed by atoms with Crippen molar-refractivity contribution in [3.05, 3.63) is 60.1 Å². The van der Waals surface area contributed by atoms with Crippen LogP contribution in [0.15, 0.2) is 54.5 Å². The van der Waals surface area contributed by atoms with Crippen molar-refractivity contribution in [2.24, 2.45) is 0 Å². The van der Waals surface area contributed by atoms with Crippen molar-refractivity contribution in [3.63, 3.8) is 0 Å². The summed E-state index contributed by atoms with van der Waals surface area (Å²) in [5.74, 6) is 4.08. The minimum Gasteiger partial charge on any atom is -0.464 e. The van der Waals surface area contributed by atoms with Gasteiger partial charge >= 0.3 is 12.1 Å². The number of nitrogens with zero attached hydrogens (tertiary/aromatic N) is 2. The molecule has 2 aromatic rings. The Hall–Kier alpha value is -4.63. The molecule has 12 heteroatoms. The van der Waals surface area contributed by atoms with Gasteiger partial charge in [0.05, 0.1) is 26.1 Å². The number of imidazole rings is 1. The Balaban J connectivity index is 2.26. The predicted octanol–water partition coefficient (Wildman–Crippen LogP) is 3.75. The number of amides is 3. The van der Waals surface area contributed by atoms with Crippen molar-refractivity contribution in [2.75, 3.05) is 25.1 Å². The maximum atomic E-state index is 13.4. The molecule has 0 bridgehead atoms. The van der Waals surface area contributed by atoms with E-state index in [4.69, 9.17) is 14.2 Å². The number of alkyl carbamates (subject to hydrolysis) is 1. The highest BCUT2D eigenvalue weighted by Crippen LogP contribution is 2.22. The number of aromatic nitrogens is 2. The molecule has 1 unspecified atom stereocenters. The second-order valence-corrected chi connectivity index (χ2v) is 11.2. The van der Waals surface area contributed by atoms with Crippen LogP contribution in [0, 0.1) is 11.8 Å². The van der Waals surface area contributed by atoms with Crippen LogP contribution in [0.4, 0.5) is 10.6 Å². The third kappa shape index (κ3) is 11.2. The monoisotopic (exact) mass is 609 g/mol. The van der Waals surface area contributed by atoms with Crippen LogP contribution in [0.2, 0.25) is 0 Å². The average Bonchev–Trinajstić information content (AvgIpc) is 3.38. The van der Waals surface area contributed by atoms with E-state index in [1.54, 1.807) is 65.0 Å². The fourth-order valence-corrected chi connectivity index (χ4v) is 3.82. The van der Waals surface area contributed by atoms with Crippen LogP contribution in [0.5, 0.6) is 0 Å². The van der Waals surface area contributed by atoms with E-state index in [0.717, 1.165) is 0 Å². The molecule has 12 nitrogen and oxygen atoms in total. The highest BCUT2D eigenvalue weighted by atomic mass is 16.6. The number of benzene rings is 1. The van der Waals surface area contributed by atoms with E-state index in [1.165, 1.54) is 30.9 Å². The van der Waals surface area contributed by atoms with Crippen molar-refractivity contribution >= 4 is 29.7 Å². The number of anilines is 1. The van der Waals surface area contributed by atoms with Gasteiger partial charge in [0.25, 0.3) is 5.91 Å². The van der Waals surface area contributed by atoms with Crippen molar-refractivity contribution in [1.29, 1.82) is 0 Å². The van der Waals surface area contributed by atoms with Crippen molar-refractivity contribution < 1.29 is 33.4 Å². The molecule has 238 valence electrons. The quantitative estimate of drug-likeness (QED) is 0.230. The molecule has 0 aliphatic carbocycles. The Morgan fingerprint density at radius 3 is 2.36 bits per heavy atom. The molecule has 0 saturated carbocycles. The minimum atomic E-state index is -1.44. The number of carbonyl (C=O) groups is 4. The zero-order valence-corrected chi connectivity index (χ0v) is 26.6. The van der Waals surface area contributed by atoms with E-state index in [1.807, 2.05) is 13.0 Å². The molecule has 0 spiro atoms. The van der Waals surface area contributed by atoms with Gasteiger partial charge in [-0.05, 0) is 61.0 Å². The van der Waals surface area contributed by atoms with Gasteiger partial charge in [-0.3, -0.25) is 9.59 Å². The third-order valence-corrected chi connectivity index (χ3v) is 5.96. The number of esters is 1. The summed E-state index contributed by atoms with van der Waals surface area (Å²) in [5, 5.41) is 7.85. The summed E-state index contributed by atoms with van der Waals surface area (Å²) in [7, 11) is 0. The lowest BCUT2D eigenvalue weighted by molar-refractivity contribution is -0.145. The first kappa shape index (κ1) is 35.6. The van der Waals surface area contributed by atoms with E-state index in [2.05, 4.69) is 32.8 Å². The molecule has 0 radical (unpaired) electrons. The van der Waals surface area contributed by atoms with Gasteiger partial charge in [-0.1, -0.05) is 42.3 Å². The van der Waals surface area contributed by atoms with Gasteiger partial charge in [0.15, 0.2) is 11.9 Å². The maximum Gasteiger partial charge on any atom is 0.408 e. The fourth-order valence-electron chi connectivity index (χ4n) is 3.82. The third-order valence-electron chi connectivity index (χ3n) is 5.96. The van der Waals surface area contributed by atoms with Gasteiger partial charge in [-0.15, -0.1) is 5.92 Å². The molecular formula is C32H43N5O7. The Morgan fingerprint density at radius 1 is 1.09 bits per heavy atom. The van der Waals surface area contributed by atoms with Crippen molar-refractivity contribution in [2.45, 2.75) is 78.6 Å². The highest BCUT2D eigenvalue weighted by molar-refractivity contribution is 5.98. The molecule has 1 heterocycles. The summed E-state index contributed by atoms with van der Waals surface area (Å²) in [6.45, 7) is 13.4. The molecule has 0 saturated heterocycles. The Morgan fingerprint density at radius 2 is 1.77 bits per heavy atom. The first-order valence-corrected chi connectivity index (χ1v) is 14.2. The Bertz CT molecular complexity index is 1380. The Kier molecular flexibility index (Phi) is 13.2. The summed E-state index contributed by atoms with van der Waals surface area (Å²) in [4.78, 5) is 56.1. The van der Waals surface area contributed by atoms with Gasteiger partial charge in [-0.2, -0.15) is 0 Å². The SMILES string of the molecule is CC#C/C(=C\C)COC[C@@H](NC(=O)C(C)(C)NC(=O)OC(C)(C)C)C(=O)Nc1cn(C(C(=O)OCC)c2ccccc2)cn1. The molecule has 0 aliphatic rings. The molecule has 3 amide bonds. The van der Waals surface area contributed by atoms with Crippen LogP contribution < -0.4 is 16.0 Å². The lowest BCUT2D eigenvalue weighted by atomic mass is 10.0. The molecule has 3 N–H and O–H groups in total. The number of rotatable bonds is 13. The largest absolute Gasteiger partial charge is 0.464 e. The lowest BCUT2D eigenvalue weighted by Crippen LogP contribution is -2.59. The lowest BCUT2D eigenvalue weighted by Gasteiger charge is -2.29. The summed E-state index contributed by atoms with van der Waals surface area (Å²) in [5.41, 5.74) is -0.827. The van der Waals surface area contributed by atoms with Crippen LogP contribution in [0.3, 0.4) is 0 Å². The smallest absolute Gasteiger partial charge is 0.408 e. The van der Waals surface area contributed by atoms with Gasteiger partial charge in [0.1, 0.15) is 17.2 Å². The van der Waals surface area contributed by atoms with E-state index in [-0.39, 0.29) is 25.6 Å². The number of nitrogens with one attached hydrogen (secondary N) is 3. The van der Waals surface area contributed by atoms with Crippen LogP contribution >= 0.6 is 0 Å². The van der Waals surface area contributed by atoms with E-state index < -0.39 is 47.1 Å². The predicted molar refractivity (Wildman–Crippen MR) is 165 cm³/mol. The number of allylic oxidation sites excluding steroid dienone is 1. The first-order chi connectivity index (χ1) is 20.7. The highest BCUT2D eigenvalue weighted by Gasteiger charge is 2.35. The molecule has 2 atom stereocenters. The summed E-state index contributed by atoms with van der Waals surface area (Å²) in [6.07, 6.45) is 3.90. The second kappa shape index (κ2) is 16.3. The van der Waals surface area contributed by atoms with E-state index >= 15 is 0 Å². The van der Waals surface area contributed by atoms with Crippen LogP contribution in [-0.4, -0.2) is 70.4 Å². The van der Waals surface area contributed by atoms with E-state index in [0.29, 0.717) is 11.1 Å². The maximum absolute atomic E-state index is 13.4. The second-order valence-electron chi connectivity index (χ2n) is 11.2. The first-order valence-electron chi connectivity index (χ1n) is 14.2. The molecule has 0 fully saturated rings. The average molecular weight is 610 g/mol. The standard InChI is InChI=1S/C32H43N5O7/c1-9-15-22(10-2)19-42-20-24(34-29(40)32(7,8)36-30(41)44-31(4,5)6)27(38)35-25-18-37(21-33-25)26(28(39)43-11-3)23-16-13-12-14-17-23/h10,12-14,16-18,21,24,26H,11,19-20H2,1-8H3,(H,34,40)(H,35,38)(H,36,41)/b22-10+/t24-,26?/m1/s1. The van der Waals surface area contributed by atoms with Gasteiger partial charge in [0.2, 0.25) is 5.91 Å². The summed E-state index contributed by atoms with van der Waals surface area (Å²) in [6, 6.07) is 7.01. The molecule has 0 aliphatic heterocycles. The molecule has 1 aromatic carbocycles. The fraction of sp³-hybridized carbons (Fsp3) is 0.469. The number of hydrogen-bond donors (Lipinski definition) is 3. The minimum absolute atomic E-state index is 0.115. The van der Waals surface area contributed by atoms with Gasteiger partial charge < -0.3 is 34.7 Å². The number of hydrogen-bond acceptors (Lipinski definition) is 8. The molecule has 2 rings (SSSR count). The van der Waals surface area contributed by atoms with Crippen LogP contribution in [-0.2, 0) is 28.6 Å². The molecule has 1 aromatic heterocycles. The van der Waals surface area contributed by atoms with Crippen molar-refractivity contribution in [1.82, 2.24) is 20.2 Å². The van der Waals surface area contributed by atoms with Gasteiger partial charge in [0, 0.05) is 11.8 Å². The number of ether oxygens (including phenoxy) is 3. The molecule has 44 heavy (non-hydrogen) atoms. The summed E-state index contributed by atoms with van der Waals surface area (Å²) < 4.78 is 17.8. The number of carbonyl (C=O) groups excluding carboxylic acids is 4. The summed E-state index contributed by atoms with van der Waals surface area (Å²) >= 11 is 0. The normalized spacial score (nSPS) is 13.0. The van der Waals surface area contributed by atoms with Crippen molar-refractivity contribution in [3.8, 4) is 11.8 Å². The molecular weight excluding hydrogens is 566 g/mol. The zero-order chi connectivity index (χ0) is 32.9. The zero-order valence-electron chi connectivity index (χ0n) is 26.6.